The van der Waals surface area contributed by atoms with Gasteiger partial charge in [-0.3, -0.25) is 14.6 Å². The Morgan fingerprint density at radius 3 is 2.61 bits per heavy atom. The van der Waals surface area contributed by atoms with Crippen LogP contribution in [0.3, 0.4) is 0 Å². The Labute approximate surface area is 194 Å². The van der Waals surface area contributed by atoms with Gasteiger partial charge in [-0.2, -0.15) is 0 Å². The first-order valence-corrected chi connectivity index (χ1v) is 11.3. The Morgan fingerprint density at radius 2 is 1.85 bits per heavy atom. The maximum Gasteiger partial charge on any atom is 0.260 e. The summed E-state index contributed by atoms with van der Waals surface area (Å²) in [5.41, 5.74) is 3.48. The second-order valence-electron chi connectivity index (χ2n) is 7.86. The molecule has 170 valence electrons. The van der Waals surface area contributed by atoms with Crippen LogP contribution in [0.25, 0.3) is 11.1 Å². The first kappa shape index (κ1) is 22.5. The van der Waals surface area contributed by atoms with Crippen LogP contribution in [0.4, 0.5) is 0 Å². The van der Waals surface area contributed by atoms with E-state index < -0.39 is 6.04 Å². The van der Waals surface area contributed by atoms with E-state index in [9.17, 15) is 9.59 Å². The number of aromatic nitrogens is 2. The van der Waals surface area contributed by atoms with Gasteiger partial charge in [-0.15, -0.1) is 0 Å². The molecule has 1 aliphatic rings. The highest BCUT2D eigenvalue weighted by molar-refractivity contribution is 6.00. The predicted octanol–water partition coefficient (Wildman–Crippen LogP) is 3.46. The Hall–Kier alpha value is -3.74. The van der Waals surface area contributed by atoms with Crippen molar-refractivity contribution in [1.29, 1.82) is 0 Å². The lowest BCUT2D eigenvalue weighted by Crippen LogP contribution is -2.59. The minimum absolute atomic E-state index is 0.0340. The van der Waals surface area contributed by atoms with Gasteiger partial charge in [0.1, 0.15) is 11.6 Å². The quantitative estimate of drug-likeness (QED) is 0.558. The van der Waals surface area contributed by atoms with E-state index in [2.05, 4.69) is 16.0 Å². The van der Waals surface area contributed by atoms with Crippen LogP contribution in [0.15, 0.2) is 67.1 Å². The van der Waals surface area contributed by atoms with E-state index in [1.807, 2.05) is 49.1 Å². The molecule has 7 nitrogen and oxygen atoms in total. The zero-order valence-electron chi connectivity index (χ0n) is 19.0. The van der Waals surface area contributed by atoms with E-state index in [0.717, 1.165) is 16.7 Å². The van der Waals surface area contributed by atoms with E-state index >= 15 is 0 Å². The van der Waals surface area contributed by atoms with Crippen LogP contribution in [0.5, 0.6) is 5.88 Å². The molecule has 1 aliphatic heterocycles. The maximum absolute atomic E-state index is 13.6. The number of rotatable bonds is 7. The minimum Gasteiger partial charge on any atom is -0.477 e. The van der Waals surface area contributed by atoms with Crippen molar-refractivity contribution in [3.8, 4) is 17.0 Å². The van der Waals surface area contributed by atoms with Gasteiger partial charge in [-0.05, 0) is 54.8 Å². The van der Waals surface area contributed by atoms with E-state index in [0.29, 0.717) is 44.1 Å². The first-order valence-electron chi connectivity index (χ1n) is 11.3. The molecule has 1 unspecified atom stereocenters. The number of likely N-dealkylation sites (N-methyl/N-ethyl adjacent to an activating group) is 1. The molecule has 33 heavy (non-hydrogen) atoms. The standard InChI is InChI=1S/C26H28N4O3/c1-3-29-15-16-30(25(31)22-9-6-12-28-24(22)33-4-2)23(26(29)32)18-19-7-5-8-21(17-19)20-10-13-27-14-11-20/h5-14,17,23H,3-4,15-16,18H2,1-2H3. The van der Waals surface area contributed by atoms with Crippen molar-refractivity contribution in [2.75, 3.05) is 26.2 Å². The fourth-order valence-corrected chi connectivity index (χ4v) is 4.20. The molecule has 0 saturated carbocycles. The molecule has 2 amide bonds. The molecular formula is C26H28N4O3. The normalized spacial score (nSPS) is 16.1. The molecule has 0 radical (unpaired) electrons. The summed E-state index contributed by atoms with van der Waals surface area (Å²) in [6, 6.07) is 14.8. The third kappa shape index (κ3) is 4.87. The molecule has 1 aromatic carbocycles. The molecule has 4 rings (SSSR count). The van der Waals surface area contributed by atoms with Crippen LogP contribution in [0.1, 0.15) is 29.8 Å². The van der Waals surface area contributed by atoms with E-state index in [1.54, 1.807) is 35.6 Å². The van der Waals surface area contributed by atoms with Crippen molar-refractivity contribution in [3.05, 3.63) is 78.2 Å². The Balaban J connectivity index is 1.65. The SMILES string of the molecule is CCOc1ncccc1C(=O)N1CCN(CC)C(=O)C1Cc1cccc(-c2ccncc2)c1. The van der Waals surface area contributed by atoms with Crippen LogP contribution in [0, 0.1) is 0 Å². The maximum atomic E-state index is 13.6. The Kier molecular flexibility index (Phi) is 6.98. The van der Waals surface area contributed by atoms with Crippen LogP contribution >= 0.6 is 0 Å². The molecule has 2 aromatic heterocycles. The highest BCUT2D eigenvalue weighted by atomic mass is 16.5. The summed E-state index contributed by atoms with van der Waals surface area (Å²) < 4.78 is 5.58. The van der Waals surface area contributed by atoms with Gasteiger partial charge >= 0.3 is 0 Å². The Bertz CT molecular complexity index is 1120. The van der Waals surface area contributed by atoms with Crippen molar-refractivity contribution >= 4 is 11.8 Å². The van der Waals surface area contributed by atoms with Crippen molar-refractivity contribution in [3.63, 3.8) is 0 Å². The van der Waals surface area contributed by atoms with Crippen LogP contribution in [-0.4, -0.2) is 63.9 Å². The van der Waals surface area contributed by atoms with Crippen molar-refractivity contribution in [2.45, 2.75) is 26.3 Å². The monoisotopic (exact) mass is 444 g/mol. The van der Waals surface area contributed by atoms with Crippen LogP contribution < -0.4 is 4.74 Å². The van der Waals surface area contributed by atoms with Crippen LogP contribution in [0.2, 0.25) is 0 Å². The number of benzene rings is 1. The number of hydrogen-bond acceptors (Lipinski definition) is 5. The molecular weight excluding hydrogens is 416 g/mol. The lowest BCUT2D eigenvalue weighted by molar-refractivity contribution is -0.139. The van der Waals surface area contributed by atoms with Gasteiger partial charge in [-0.25, -0.2) is 4.98 Å². The summed E-state index contributed by atoms with van der Waals surface area (Å²) in [6.45, 7) is 5.82. The molecule has 0 N–H and O–H groups in total. The smallest absolute Gasteiger partial charge is 0.260 e. The van der Waals surface area contributed by atoms with Gasteiger partial charge in [-0.1, -0.05) is 24.3 Å². The van der Waals surface area contributed by atoms with Crippen LogP contribution in [-0.2, 0) is 11.2 Å². The fourth-order valence-electron chi connectivity index (χ4n) is 4.20. The third-order valence-corrected chi connectivity index (χ3v) is 5.88. The highest BCUT2D eigenvalue weighted by Gasteiger charge is 2.38. The van der Waals surface area contributed by atoms with E-state index in [-0.39, 0.29) is 11.8 Å². The topological polar surface area (TPSA) is 75.6 Å². The Morgan fingerprint density at radius 1 is 1.03 bits per heavy atom. The zero-order chi connectivity index (χ0) is 23.2. The van der Waals surface area contributed by atoms with Crippen molar-refractivity contribution in [2.24, 2.45) is 0 Å². The van der Waals surface area contributed by atoms with Gasteiger partial charge < -0.3 is 14.5 Å². The number of nitrogens with zero attached hydrogens (tertiary/aromatic N) is 4. The molecule has 0 spiro atoms. The minimum atomic E-state index is -0.589. The number of ether oxygens (including phenoxy) is 1. The number of amides is 2. The van der Waals surface area contributed by atoms with E-state index in [4.69, 9.17) is 4.74 Å². The molecule has 0 bridgehead atoms. The summed E-state index contributed by atoms with van der Waals surface area (Å²) in [7, 11) is 0. The third-order valence-electron chi connectivity index (χ3n) is 5.88. The largest absolute Gasteiger partial charge is 0.477 e. The number of carbonyl (C=O) groups excluding carboxylic acids is 2. The summed E-state index contributed by atoms with van der Waals surface area (Å²) in [4.78, 5) is 38.7. The summed E-state index contributed by atoms with van der Waals surface area (Å²) in [5, 5.41) is 0. The average Bonchev–Trinajstić information content (AvgIpc) is 2.86. The van der Waals surface area contributed by atoms with Gasteiger partial charge in [0.25, 0.3) is 5.91 Å². The van der Waals surface area contributed by atoms with Crippen molar-refractivity contribution in [1.82, 2.24) is 19.8 Å². The van der Waals surface area contributed by atoms with Gasteiger partial charge in [0.15, 0.2) is 0 Å². The second kappa shape index (κ2) is 10.3. The van der Waals surface area contributed by atoms with Gasteiger partial charge in [0.05, 0.1) is 6.61 Å². The predicted molar refractivity (Wildman–Crippen MR) is 126 cm³/mol. The molecule has 1 atom stereocenters. The molecule has 1 saturated heterocycles. The highest BCUT2D eigenvalue weighted by Crippen LogP contribution is 2.25. The molecule has 3 aromatic rings. The molecule has 0 aliphatic carbocycles. The second-order valence-corrected chi connectivity index (χ2v) is 7.86. The lowest BCUT2D eigenvalue weighted by atomic mass is 9.97. The van der Waals surface area contributed by atoms with Crippen molar-refractivity contribution < 1.29 is 14.3 Å². The summed E-state index contributed by atoms with van der Waals surface area (Å²) >= 11 is 0. The lowest BCUT2D eigenvalue weighted by Gasteiger charge is -2.40. The molecule has 3 heterocycles. The van der Waals surface area contributed by atoms with Gasteiger partial charge in [0, 0.05) is 44.6 Å². The fraction of sp³-hybridized carbons (Fsp3) is 0.308. The summed E-state index contributed by atoms with van der Waals surface area (Å²) in [5.74, 6) is 0.0352. The zero-order valence-corrected chi connectivity index (χ0v) is 19.0. The number of pyridine rings is 2. The number of piperazine rings is 1. The number of hydrogen-bond donors (Lipinski definition) is 0. The average molecular weight is 445 g/mol. The van der Waals surface area contributed by atoms with E-state index in [1.165, 1.54) is 0 Å². The number of carbonyl (C=O) groups is 2. The molecule has 1 fully saturated rings. The first-order chi connectivity index (χ1) is 16.1. The summed E-state index contributed by atoms with van der Waals surface area (Å²) in [6.07, 6.45) is 5.56. The molecule has 7 heteroatoms. The van der Waals surface area contributed by atoms with Gasteiger partial charge in [0.2, 0.25) is 11.8 Å².